The SMILES string of the molecule is COc1ccccc1C1=N[C@H](C(C)C)CO1. The van der Waals surface area contributed by atoms with Crippen molar-refractivity contribution in [1.29, 1.82) is 0 Å². The Labute approximate surface area is 96.1 Å². The number of para-hydroxylation sites is 1. The maximum atomic E-state index is 5.63. The monoisotopic (exact) mass is 219 g/mol. The van der Waals surface area contributed by atoms with Gasteiger partial charge < -0.3 is 9.47 Å². The van der Waals surface area contributed by atoms with E-state index in [9.17, 15) is 0 Å². The second-order valence-electron chi connectivity index (χ2n) is 4.26. The van der Waals surface area contributed by atoms with Crippen molar-refractivity contribution in [3.05, 3.63) is 29.8 Å². The smallest absolute Gasteiger partial charge is 0.220 e. The summed E-state index contributed by atoms with van der Waals surface area (Å²) in [5, 5.41) is 0. The van der Waals surface area contributed by atoms with Crippen molar-refractivity contribution in [2.75, 3.05) is 13.7 Å². The number of benzene rings is 1. The van der Waals surface area contributed by atoms with Crippen LogP contribution in [0.3, 0.4) is 0 Å². The number of rotatable bonds is 3. The molecule has 0 fully saturated rings. The van der Waals surface area contributed by atoms with Crippen LogP contribution in [0, 0.1) is 5.92 Å². The molecule has 0 aliphatic carbocycles. The van der Waals surface area contributed by atoms with Gasteiger partial charge in [0, 0.05) is 0 Å². The summed E-state index contributed by atoms with van der Waals surface area (Å²) in [5.41, 5.74) is 0.938. The van der Waals surface area contributed by atoms with Crippen LogP contribution < -0.4 is 4.74 Å². The molecule has 0 unspecified atom stereocenters. The number of ether oxygens (including phenoxy) is 2. The first-order chi connectivity index (χ1) is 7.72. The van der Waals surface area contributed by atoms with Gasteiger partial charge in [-0.1, -0.05) is 26.0 Å². The van der Waals surface area contributed by atoms with Crippen LogP contribution in [-0.2, 0) is 4.74 Å². The predicted octanol–water partition coefficient (Wildman–Crippen LogP) is 2.50. The molecule has 1 aliphatic heterocycles. The average molecular weight is 219 g/mol. The molecule has 1 aliphatic rings. The van der Waals surface area contributed by atoms with Gasteiger partial charge in [-0.25, -0.2) is 4.99 Å². The fourth-order valence-corrected chi connectivity index (χ4v) is 1.70. The van der Waals surface area contributed by atoms with Gasteiger partial charge in [-0.15, -0.1) is 0 Å². The van der Waals surface area contributed by atoms with Gasteiger partial charge in [-0.2, -0.15) is 0 Å². The normalized spacial score (nSPS) is 19.5. The van der Waals surface area contributed by atoms with Gasteiger partial charge in [-0.3, -0.25) is 0 Å². The van der Waals surface area contributed by atoms with Gasteiger partial charge in [0.15, 0.2) is 0 Å². The third-order valence-electron chi connectivity index (χ3n) is 2.78. The van der Waals surface area contributed by atoms with Gasteiger partial charge in [0.25, 0.3) is 0 Å². The summed E-state index contributed by atoms with van der Waals surface area (Å²) < 4.78 is 10.9. The van der Waals surface area contributed by atoms with E-state index < -0.39 is 0 Å². The van der Waals surface area contributed by atoms with Gasteiger partial charge in [-0.05, 0) is 18.1 Å². The number of methoxy groups -OCH3 is 1. The Balaban J connectivity index is 2.28. The Hall–Kier alpha value is -1.51. The fraction of sp³-hybridized carbons (Fsp3) is 0.462. The van der Waals surface area contributed by atoms with Crippen LogP contribution in [0.5, 0.6) is 5.75 Å². The third-order valence-corrected chi connectivity index (χ3v) is 2.78. The van der Waals surface area contributed by atoms with Crippen LogP contribution in [0.4, 0.5) is 0 Å². The number of hydrogen-bond donors (Lipinski definition) is 0. The highest BCUT2D eigenvalue weighted by molar-refractivity contribution is 5.97. The maximum Gasteiger partial charge on any atom is 0.220 e. The molecule has 0 spiro atoms. The first-order valence-electron chi connectivity index (χ1n) is 5.56. The second-order valence-corrected chi connectivity index (χ2v) is 4.26. The first kappa shape index (κ1) is 11.0. The molecule has 0 bridgehead atoms. The number of hydrogen-bond acceptors (Lipinski definition) is 3. The van der Waals surface area contributed by atoms with Crippen molar-refractivity contribution in [3.63, 3.8) is 0 Å². The molecule has 0 radical (unpaired) electrons. The summed E-state index contributed by atoms with van der Waals surface area (Å²) in [4.78, 5) is 4.58. The third kappa shape index (κ3) is 2.03. The molecule has 0 saturated carbocycles. The predicted molar refractivity (Wildman–Crippen MR) is 64.1 cm³/mol. The molecule has 0 amide bonds. The largest absolute Gasteiger partial charge is 0.496 e. The first-order valence-corrected chi connectivity index (χ1v) is 5.56. The lowest BCUT2D eigenvalue weighted by molar-refractivity contribution is 0.291. The van der Waals surface area contributed by atoms with Gasteiger partial charge in [0.05, 0.1) is 18.7 Å². The number of nitrogens with zero attached hydrogens (tertiary/aromatic N) is 1. The van der Waals surface area contributed by atoms with E-state index in [2.05, 4.69) is 18.8 Å². The molecule has 1 aromatic carbocycles. The minimum Gasteiger partial charge on any atom is -0.496 e. The minimum absolute atomic E-state index is 0.264. The highest BCUT2D eigenvalue weighted by Crippen LogP contribution is 2.23. The molecule has 3 nitrogen and oxygen atoms in total. The van der Waals surface area contributed by atoms with Crippen LogP contribution >= 0.6 is 0 Å². The molecule has 16 heavy (non-hydrogen) atoms. The summed E-state index contributed by atoms with van der Waals surface area (Å²) in [6, 6.07) is 8.06. The van der Waals surface area contributed by atoms with E-state index in [4.69, 9.17) is 9.47 Å². The zero-order valence-electron chi connectivity index (χ0n) is 9.93. The van der Waals surface area contributed by atoms with E-state index in [-0.39, 0.29) is 6.04 Å². The van der Waals surface area contributed by atoms with Crippen LogP contribution in [0.1, 0.15) is 19.4 Å². The highest BCUT2D eigenvalue weighted by atomic mass is 16.5. The van der Waals surface area contributed by atoms with Gasteiger partial charge in [0.1, 0.15) is 12.4 Å². The van der Waals surface area contributed by atoms with E-state index in [1.54, 1.807) is 7.11 Å². The molecule has 86 valence electrons. The summed E-state index contributed by atoms with van der Waals surface area (Å²) in [6.45, 7) is 4.98. The molecule has 0 aromatic heterocycles. The van der Waals surface area contributed by atoms with E-state index in [0.717, 1.165) is 11.3 Å². The van der Waals surface area contributed by atoms with Crippen molar-refractivity contribution in [3.8, 4) is 5.75 Å². The molecular formula is C13H17NO2. The summed E-state index contributed by atoms with van der Waals surface area (Å²) in [6.07, 6.45) is 0. The van der Waals surface area contributed by atoms with E-state index >= 15 is 0 Å². The Kier molecular flexibility index (Phi) is 3.13. The Morgan fingerprint density at radius 3 is 2.75 bits per heavy atom. The molecule has 0 saturated heterocycles. The zero-order valence-corrected chi connectivity index (χ0v) is 9.93. The lowest BCUT2D eigenvalue weighted by Gasteiger charge is -2.07. The van der Waals surface area contributed by atoms with Crippen LogP contribution in [-0.4, -0.2) is 25.7 Å². The molecule has 3 heteroatoms. The second kappa shape index (κ2) is 4.56. The summed E-state index contributed by atoms with van der Waals surface area (Å²) in [7, 11) is 1.66. The molecule has 2 rings (SSSR count). The van der Waals surface area contributed by atoms with E-state index in [0.29, 0.717) is 18.4 Å². The fourth-order valence-electron chi connectivity index (χ4n) is 1.70. The van der Waals surface area contributed by atoms with Gasteiger partial charge in [0.2, 0.25) is 5.90 Å². The molecule has 1 atom stereocenters. The Bertz CT molecular complexity index is 399. The van der Waals surface area contributed by atoms with Crippen molar-refractivity contribution >= 4 is 5.90 Å². The Morgan fingerprint density at radius 2 is 2.12 bits per heavy atom. The zero-order chi connectivity index (χ0) is 11.5. The summed E-state index contributed by atoms with van der Waals surface area (Å²) in [5.74, 6) is 2.02. The number of aliphatic imine (C=N–C) groups is 1. The van der Waals surface area contributed by atoms with Gasteiger partial charge >= 0.3 is 0 Å². The molecule has 1 aromatic rings. The van der Waals surface area contributed by atoms with Crippen molar-refractivity contribution in [2.24, 2.45) is 10.9 Å². The minimum atomic E-state index is 0.264. The summed E-state index contributed by atoms with van der Waals surface area (Å²) >= 11 is 0. The quantitative estimate of drug-likeness (QED) is 0.782. The molecule has 1 heterocycles. The average Bonchev–Trinajstić information content (AvgIpc) is 2.78. The Morgan fingerprint density at radius 1 is 1.38 bits per heavy atom. The molecule has 0 N–H and O–H groups in total. The van der Waals surface area contributed by atoms with Crippen LogP contribution in [0.15, 0.2) is 29.3 Å². The van der Waals surface area contributed by atoms with Crippen molar-refractivity contribution in [1.82, 2.24) is 0 Å². The maximum absolute atomic E-state index is 5.63. The lowest BCUT2D eigenvalue weighted by atomic mass is 10.1. The van der Waals surface area contributed by atoms with Crippen molar-refractivity contribution in [2.45, 2.75) is 19.9 Å². The van der Waals surface area contributed by atoms with E-state index in [1.807, 2.05) is 24.3 Å². The van der Waals surface area contributed by atoms with Crippen molar-refractivity contribution < 1.29 is 9.47 Å². The standard InChI is InChI=1S/C13H17NO2/c1-9(2)11-8-16-13(14-11)10-6-4-5-7-12(10)15-3/h4-7,9,11H,8H2,1-3H3/t11-/m0/s1. The lowest BCUT2D eigenvalue weighted by Crippen LogP contribution is -2.13. The van der Waals surface area contributed by atoms with Crippen LogP contribution in [0.2, 0.25) is 0 Å². The highest BCUT2D eigenvalue weighted by Gasteiger charge is 2.24. The van der Waals surface area contributed by atoms with Crippen LogP contribution in [0.25, 0.3) is 0 Å². The van der Waals surface area contributed by atoms with E-state index in [1.165, 1.54) is 0 Å². The topological polar surface area (TPSA) is 30.8 Å². The molecular weight excluding hydrogens is 202 g/mol.